The average molecular weight is 372 g/mol. The van der Waals surface area contributed by atoms with Gasteiger partial charge in [0.15, 0.2) is 0 Å². The molecule has 2 saturated heterocycles. The molecule has 2 aliphatic rings. The number of nitrogens with zero attached hydrogens (tertiary/aromatic N) is 2. The topological polar surface area (TPSA) is 146 Å². The third-order valence-electron chi connectivity index (χ3n) is 3.21. The van der Waals surface area contributed by atoms with Crippen molar-refractivity contribution in [2.75, 3.05) is 26.4 Å². The van der Waals surface area contributed by atoms with E-state index < -0.39 is 48.8 Å². The van der Waals surface area contributed by atoms with E-state index in [4.69, 9.17) is 9.47 Å². The minimum absolute atomic E-state index is 0.00840. The van der Waals surface area contributed by atoms with Crippen molar-refractivity contribution < 1.29 is 47.9 Å². The summed E-state index contributed by atoms with van der Waals surface area (Å²) in [5.41, 5.74) is 0. The maximum Gasteiger partial charge on any atom is 0.358 e. The summed E-state index contributed by atoms with van der Waals surface area (Å²) in [5, 5.41) is 0.804. The molecule has 0 radical (unpaired) electrons. The van der Waals surface area contributed by atoms with E-state index in [-0.39, 0.29) is 38.9 Å². The van der Waals surface area contributed by atoms with Crippen molar-refractivity contribution in [1.29, 1.82) is 0 Å². The lowest BCUT2D eigenvalue weighted by Crippen LogP contribution is -2.34. The normalized spacial score (nSPS) is 17.2. The molecule has 0 spiro atoms. The molecule has 0 aromatic rings. The van der Waals surface area contributed by atoms with Gasteiger partial charge in [-0.15, -0.1) is 10.1 Å². The molecule has 0 bridgehead atoms. The Morgan fingerprint density at radius 2 is 0.962 bits per heavy atom. The minimum atomic E-state index is -0.931. The van der Waals surface area contributed by atoms with Crippen LogP contribution in [0, 0.1) is 0 Å². The average Bonchev–Trinajstić information content (AvgIpc) is 3.08. The summed E-state index contributed by atoms with van der Waals surface area (Å²) in [5.74, 6) is -4.25. The number of rotatable bonds is 9. The number of carbonyl (C=O) groups is 6. The van der Waals surface area contributed by atoms with Gasteiger partial charge < -0.3 is 19.1 Å². The van der Waals surface area contributed by atoms with Crippen LogP contribution in [-0.2, 0) is 47.9 Å². The monoisotopic (exact) mass is 372 g/mol. The van der Waals surface area contributed by atoms with Crippen LogP contribution in [0.4, 0.5) is 0 Å². The van der Waals surface area contributed by atoms with Gasteiger partial charge in [-0.05, 0) is 0 Å². The number of ether oxygens (including phenoxy) is 2. The van der Waals surface area contributed by atoms with Gasteiger partial charge in [0.25, 0.3) is 23.6 Å². The van der Waals surface area contributed by atoms with Gasteiger partial charge in [0.1, 0.15) is 13.2 Å². The van der Waals surface area contributed by atoms with Crippen molar-refractivity contribution in [3.8, 4) is 0 Å². The molecule has 0 atom stereocenters. The summed E-state index contributed by atoms with van der Waals surface area (Å²) in [6.45, 7) is -1.24. The fourth-order valence-corrected chi connectivity index (χ4v) is 2.00. The predicted molar refractivity (Wildman–Crippen MR) is 76.0 cm³/mol. The number of carbonyl (C=O) groups excluding carboxylic acids is 6. The Morgan fingerprint density at radius 3 is 1.27 bits per heavy atom. The van der Waals surface area contributed by atoms with Crippen LogP contribution in [0.15, 0.2) is 0 Å². The summed E-state index contributed by atoms with van der Waals surface area (Å²) in [6, 6.07) is 0. The van der Waals surface area contributed by atoms with Gasteiger partial charge in [-0.25, -0.2) is 9.59 Å². The Morgan fingerprint density at radius 1 is 0.654 bits per heavy atom. The lowest BCUT2D eigenvalue weighted by molar-refractivity contribution is -0.201. The number of amides is 4. The van der Waals surface area contributed by atoms with E-state index in [1.807, 2.05) is 0 Å². The van der Waals surface area contributed by atoms with Gasteiger partial charge in [-0.2, -0.15) is 0 Å². The molecule has 0 aliphatic carbocycles. The van der Waals surface area contributed by atoms with Crippen LogP contribution in [0.5, 0.6) is 0 Å². The lowest BCUT2D eigenvalue weighted by Gasteiger charge is -2.13. The summed E-state index contributed by atoms with van der Waals surface area (Å²) < 4.78 is 9.81. The number of hydroxylamine groups is 4. The highest BCUT2D eigenvalue weighted by molar-refractivity contribution is 6.02. The highest BCUT2D eigenvalue weighted by Gasteiger charge is 2.33. The van der Waals surface area contributed by atoms with E-state index in [0.717, 1.165) is 0 Å². The first kappa shape index (κ1) is 19.5. The second-order valence-corrected chi connectivity index (χ2v) is 5.20. The molecule has 2 heterocycles. The predicted octanol–water partition coefficient (Wildman–Crippen LogP) is -1.77. The second kappa shape index (κ2) is 9.01. The summed E-state index contributed by atoms with van der Waals surface area (Å²) in [4.78, 5) is 76.9. The third kappa shape index (κ3) is 5.32. The van der Waals surface area contributed by atoms with Crippen LogP contribution in [0.3, 0.4) is 0 Å². The van der Waals surface area contributed by atoms with Gasteiger partial charge >= 0.3 is 11.9 Å². The van der Waals surface area contributed by atoms with Crippen molar-refractivity contribution >= 4 is 35.6 Å². The maximum absolute atomic E-state index is 11.4. The fraction of sp³-hybridized carbons (Fsp3) is 0.571. The van der Waals surface area contributed by atoms with Gasteiger partial charge in [-0.1, -0.05) is 0 Å². The second-order valence-electron chi connectivity index (χ2n) is 5.20. The standard InChI is InChI=1S/C14H16N2O10/c17-9-1-2-10(18)15(9)25-13(21)7-23-5-6-24-8-14(22)26-16-11(19)3-4-12(16)20/h1-8H2. The molecule has 0 N–H and O–H groups in total. The quantitative estimate of drug-likeness (QED) is 0.337. The molecule has 0 unspecified atom stereocenters. The molecule has 4 amide bonds. The van der Waals surface area contributed by atoms with Crippen molar-refractivity contribution in [3.63, 3.8) is 0 Å². The number of imide groups is 2. The first-order chi connectivity index (χ1) is 12.4. The molecule has 26 heavy (non-hydrogen) atoms. The molecule has 12 nitrogen and oxygen atoms in total. The fourth-order valence-electron chi connectivity index (χ4n) is 2.00. The van der Waals surface area contributed by atoms with Crippen molar-refractivity contribution in [1.82, 2.24) is 10.1 Å². The van der Waals surface area contributed by atoms with Crippen molar-refractivity contribution in [2.45, 2.75) is 25.7 Å². The molecule has 0 saturated carbocycles. The summed E-state index contributed by atoms with van der Waals surface area (Å²) in [7, 11) is 0. The minimum Gasteiger partial charge on any atom is -0.367 e. The van der Waals surface area contributed by atoms with Gasteiger partial charge in [0, 0.05) is 25.7 Å². The summed E-state index contributed by atoms with van der Waals surface area (Å²) in [6.07, 6.45) is -0.0336. The highest BCUT2D eigenvalue weighted by Crippen LogP contribution is 2.12. The van der Waals surface area contributed by atoms with Gasteiger partial charge in [0.2, 0.25) is 0 Å². The van der Waals surface area contributed by atoms with Crippen LogP contribution >= 0.6 is 0 Å². The Kier molecular flexibility index (Phi) is 6.74. The smallest absolute Gasteiger partial charge is 0.358 e. The van der Waals surface area contributed by atoms with E-state index in [2.05, 4.69) is 9.68 Å². The lowest BCUT2D eigenvalue weighted by atomic mass is 10.4. The van der Waals surface area contributed by atoms with Gasteiger partial charge in [0.05, 0.1) is 13.2 Å². The van der Waals surface area contributed by atoms with Crippen molar-refractivity contribution in [2.24, 2.45) is 0 Å². The Hall–Kier alpha value is -2.86. The van der Waals surface area contributed by atoms with E-state index in [1.165, 1.54) is 0 Å². The number of hydrogen-bond donors (Lipinski definition) is 0. The zero-order valence-electron chi connectivity index (χ0n) is 13.6. The van der Waals surface area contributed by atoms with E-state index >= 15 is 0 Å². The molecule has 12 heteroatoms. The molecule has 2 aliphatic heterocycles. The number of hydrogen-bond acceptors (Lipinski definition) is 10. The highest BCUT2D eigenvalue weighted by atomic mass is 16.7. The molecule has 142 valence electrons. The molecule has 2 fully saturated rings. The third-order valence-corrected chi connectivity index (χ3v) is 3.21. The molecular weight excluding hydrogens is 356 g/mol. The van der Waals surface area contributed by atoms with Crippen LogP contribution in [0.25, 0.3) is 0 Å². The van der Waals surface area contributed by atoms with E-state index in [1.54, 1.807) is 0 Å². The van der Waals surface area contributed by atoms with Crippen LogP contribution in [0.2, 0.25) is 0 Å². The largest absolute Gasteiger partial charge is 0.367 e. The molecule has 0 aromatic heterocycles. The van der Waals surface area contributed by atoms with Crippen molar-refractivity contribution in [3.05, 3.63) is 0 Å². The van der Waals surface area contributed by atoms with Gasteiger partial charge in [-0.3, -0.25) is 19.2 Å². The Labute approximate surface area is 146 Å². The first-order valence-corrected chi connectivity index (χ1v) is 7.67. The zero-order chi connectivity index (χ0) is 19.1. The van der Waals surface area contributed by atoms with E-state index in [0.29, 0.717) is 10.1 Å². The SMILES string of the molecule is O=C(COCCOCC(=O)ON1C(=O)CCC1=O)ON1C(=O)CCC1=O. The van der Waals surface area contributed by atoms with Crippen LogP contribution in [0.1, 0.15) is 25.7 Å². The van der Waals surface area contributed by atoms with Crippen LogP contribution < -0.4 is 0 Å². The molecular formula is C14H16N2O10. The summed E-state index contributed by atoms with van der Waals surface area (Å²) >= 11 is 0. The van der Waals surface area contributed by atoms with Crippen LogP contribution in [-0.4, -0.2) is 72.1 Å². The zero-order valence-corrected chi connectivity index (χ0v) is 13.6. The maximum atomic E-state index is 11.4. The molecule has 2 rings (SSSR count). The Bertz CT molecular complexity index is 545. The molecule has 0 aromatic carbocycles. The first-order valence-electron chi connectivity index (χ1n) is 7.67. The van der Waals surface area contributed by atoms with E-state index in [9.17, 15) is 28.8 Å². The Balaban J connectivity index is 1.52.